The van der Waals surface area contributed by atoms with E-state index in [2.05, 4.69) is 0 Å². The van der Waals surface area contributed by atoms with Gasteiger partial charge in [-0.25, -0.2) is 4.79 Å². The van der Waals surface area contributed by atoms with E-state index in [1.54, 1.807) is 0 Å². The van der Waals surface area contributed by atoms with E-state index >= 15 is 0 Å². The smallest absolute Gasteiger partial charge is 0.341 e. The number of nitro benzene ring substituents is 2. The number of carboxylic acids is 1. The van der Waals surface area contributed by atoms with Crippen LogP contribution in [0, 0.1) is 26.0 Å². The summed E-state index contributed by atoms with van der Waals surface area (Å²) in [5, 5.41) is 29.1. The van der Waals surface area contributed by atoms with E-state index in [1.807, 2.05) is 0 Å². The van der Waals surface area contributed by atoms with Gasteiger partial charge in [-0.1, -0.05) is 46.4 Å². The molecule has 0 heterocycles. The third-order valence-corrected chi connectivity index (χ3v) is 4.18. The van der Waals surface area contributed by atoms with Gasteiger partial charge in [0.15, 0.2) is 12.4 Å². The summed E-state index contributed by atoms with van der Waals surface area (Å²) < 4.78 is 17.4. The Hall–Kier alpha value is -2.40. The van der Waals surface area contributed by atoms with Crippen molar-refractivity contribution in [3.63, 3.8) is 0 Å². The van der Waals surface area contributed by atoms with Crippen LogP contribution in [0.5, 0.6) is 5.75 Å². The molecule has 0 aromatic heterocycles. The molecule has 0 unspecified atom stereocenters. The molecule has 0 atom stereocenters. The Labute approximate surface area is 175 Å². The summed E-state index contributed by atoms with van der Waals surface area (Å²) in [5.41, 5.74) is -1.11. The molecule has 0 bridgehead atoms. The molecular formula is C14H7Cl4FN2O7. The highest BCUT2D eigenvalue weighted by Crippen LogP contribution is 2.35. The van der Waals surface area contributed by atoms with Gasteiger partial charge in [-0.05, 0) is 0 Å². The number of rotatable bonds is 5. The van der Waals surface area contributed by atoms with Gasteiger partial charge in [0.2, 0.25) is 5.82 Å². The minimum Gasteiger partial charge on any atom is -0.479 e. The number of carbonyl (C=O) groups is 1. The molecule has 150 valence electrons. The first-order valence-electron chi connectivity index (χ1n) is 6.71. The van der Waals surface area contributed by atoms with Crippen LogP contribution in [-0.2, 0) is 4.79 Å². The van der Waals surface area contributed by atoms with E-state index in [4.69, 9.17) is 56.2 Å². The Balaban J connectivity index is 0.000000292. The minimum absolute atomic E-state index is 0.00367. The van der Waals surface area contributed by atoms with E-state index in [9.17, 15) is 29.4 Å². The lowest BCUT2D eigenvalue weighted by molar-refractivity contribution is -0.387. The van der Waals surface area contributed by atoms with Crippen molar-refractivity contribution in [2.24, 2.45) is 0 Å². The van der Waals surface area contributed by atoms with Gasteiger partial charge in [0, 0.05) is 24.3 Å². The van der Waals surface area contributed by atoms with Crippen molar-refractivity contribution in [2.45, 2.75) is 0 Å². The summed E-state index contributed by atoms with van der Waals surface area (Å²) in [6.45, 7) is -0.696. The Morgan fingerprint density at radius 3 is 1.82 bits per heavy atom. The van der Waals surface area contributed by atoms with Crippen molar-refractivity contribution in [1.82, 2.24) is 0 Å². The van der Waals surface area contributed by atoms with E-state index in [0.29, 0.717) is 0 Å². The van der Waals surface area contributed by atoms with Crippen LogP contribution in [0.15, 0.2) is 24.3 Å². The number of hydrogen-bond donors (Lipinski definition) is 1. The normalized spacial score (nSPS) is 9.89. The highest BCUT2D eigenvalue weighted by atomic mass is 35.5. The van der Waals surface area contributed by atoms with Gasteiger partial charge in [0.25, 0.3) is 0 Å². The molecule has 0 saturated heterocycles. The fourth-order valence-corrected chi connectivity index (χ4v) is 2.19. The monoisotopic (exact) mass is 474 g/mol. The van der Waals surface area contributed by atoms with Gasteiger partial charge >= 0.3 is 17.3 Å². The molecule has 0 aliphatic rings. The lowest BCUT2D eigenvalue weighted by Gasteiger charge is -2.05. The van der Waals surface area contributed by atoms with Gasteiger partial charge in [-0.2, -0.15) is 4.39 Å². The number of nitrogens with zero attached hydrogens (tertiary/aromatic N) is 2. The predicted octanol–water partition coefficient (Wildman–Crippen LogP) is 5.41. The van der Waals surface area contributed by atoms with Crippen LogP contribution in [0.2, 0.25) is 20.1 Å². The maximum absolute atomic E-state index is 12.7. The molecule has 2 aromatic carbocycles. The number of hydrogen-bond acceptors (Lipinski definition) is 6. The molecule has 28 heavy (non-hydrogen) atoms. The Bertz CT molecular complexity index is 942. The molecular weight excluding hydrogens is 469 g/mol. The molecule has 14 heteroatoms. The number of ether oxygens (including phenoxy) is 1. The Kier molecular flexibility index (Phi) is 8.64. The summed E-state index contributed by atoms with van der Waals surface area (Å²) in [6.07, 6.45) is 0. The average molecular weight is 476 g/mol. The quantitative estimate of drug-likeness (QED) is 0.347. The highest BCUT2D eigenvalue weighted by Gasteiger charge is 2.19. The van der Waals surface area contributed by atoms with Crippen LogP contribution in [0.1, 0.15) is 0 Å². The zero-order valence-electron chi connectivity index (χ0n) is 13.2. The van der Waals surface area contributed by atoms with Crippen LogP contribution in [0.3, 0.4) is 0 Å². The Morgan fingerprint density at radius 2 is 1.36 bits per heavy atom. The molecule has 0 saturated carbocycles. The van der Waals surface area contributed by atoms with Gasteiger partial charge in [0.1, 0.15) is 0 Å². The number of halogens is 5. The molecule has 0 aliphatic heterocycles. The van der Waals surface area contributed by atoms with E-state index in [0.717, 1.165) is 24.3 Å². The zero-order chi connectivity index (χ0) is 21.6. The van der Waals surface area contributed by atoms with Crippen molar-refractivity contribution in [3.05, 3.63) is 70.4 Å². The average Bonchev–Trinajstić information content (AvgIpc) is 2.58. The van der Waals surface area contributed by atoms with E-state index in [-0.39, 0.29) is 25.8 Å². The molecule has 0 aliphatic carbocycles. The van der Waals surface area contributed by atoms with Crippen molar-refractivity contribution in [3.8, 4) is 5.75 Å². The fraction of sp³-hybridized carbons (Fsp3) is 0.0714. The summed E-state index contributed by atoms with van der Waals surface area (Å²) in [6, 6.07) is 3.78. The first kappa shape index (κ1) is 23.6. The number of benzene rings is 2. The maximum atomic E-state index is 12.7. The van der Waals surface area contributed by atoms with Crippen LogP contribution in [-0.4, -0.2) is 27.5 Å². The molecule has 2 aromatic rings. The standard InChI is InChI=1S/C8H5Cl2NO5.C6H2Cl2FNO2/c9-4-1-6(11(14)15)7(2-5(4)10)16-3-8(12)13;7-3-1-5(9)6(10(11)12)2-4(3)8/h1-2H,3H2,(H,12,13);1-2H. The first-order chi connectivity index (χ1) is 12.9. The zero-order valence-corrected chi connectivity index (χ0v) is 16.2. The van der Waals surface area contributed by atoms with E-state index < -0.39 is 39.6 Å². The number of nitro groups is 2. The largest absolute Gasteiger partial charge is 0.479 e. The number of carboxylic acid groups (broad SMARTS) is 1. The summed E-state index contributed by atoms with van der Waals surface area (Å²) >= 11 is 22.0. The van der Waals surface area contributed by atoms with Gasteiger partial charge in [-0.3, -0.25) is 20.2 Å². The van der Waals surface area contributed by atoms with Crippen molar-refractivity contribution in [2.75, 3.05) is 6.61 Å². The van der Waals surface area contributed by atoms with Gasteiger partial charge in [0.05, 0.1) is 29.9 Å². The highest BCUT2D eigenvalue weighted by molar-refractivity contribution is 6.42. The maximum Gasteiger partial charge on any atom is 0.341 e. The summed E-state index contributed by atoms with van der Waals surface area (Å²) in [7, 11) is 0. The van der Waals surface area contributed by atoms with Crippen LogP contribution >= 0.6 is 46.4 Å². The third kappa shape index (κ3) is 6.64. The minimum atomic E-state index is -1.25. The van der Waals surface area contributed by atoms with Crippen LogP contribution in [0.25, 0.3) is 0 Å². The molecule has 0 amide bonds. The Morgan fingerprint density at radius 1 is 0.929 bits per heavy atom. The SMILES string of the molecule is O=C(O)COc1cc(Cl)c(Cl)cc1[N+](=O)[O-].O=[N+]([O-])c1cc(Cl)c(Cl)cc1F. The van der Waals surface area contributed by atoms with E-state index in [1.165, 1.54) is 0 Å². The second-order valence-corrected chi connectivity index (χ2v) is 6.28. The van der Waals surface area contributed by atoms with Crippen molar-refractivity contribution < 1.29 is 28.9 Å². The lowest BCUT2D eigenvalue weighted by atomic mass is 10.3. The predicted molar refractivity (Wildman–Crippen MR) is 99.3 cm³/mol. The molecule has 1 N–H and O–H groups in total. The first-order valence-corrected chi connectivity index (χ1v) is 8.22. The summed E-state index contributed by atoms with van der Waals surface area (Å²) in [4.78, 5) is 29.4. The number of aliphatic carboxylic acids is 1. The second-order valence-electron chi connectivity index (χ2n) is 4.65. The molecule has 0 fully saturated rings. The van der Waals surface area contributed by atoms with Gasteiger partial charge < -0.3 is 9.84 Å². The third-order valence-electron chi connectivity index (χ3n) is 2.74. The molecule has 0 spiro atoms. The van der Waals surface area contributed by atoms with Crippen molar-refractivity contribution in [1.29, 1.82) is 0 Å². The lowest BCUT2D eigenvalue weighted by Crippen LogP contribution is -2.10. The fourth-order valence-electron chi connectivity index (χ4n) is 1.57. The van der Waals surface area contributed by atoms with Crippen LogP contribution in [0.4, 0.5) is 15.8 Å². The topological polar surface area (TPSA) is 133 Å². The van der Waals surface area contributed by atoms with Crippen molar-refractivity contribution >= 4 is 63.7 Å². The second kappa shape index (κ2) is 10.2. The molecule has 0 radical (unpaired) electrons. The molecule has 9 nitrogen and oxygen atoms in total. The van der Waals surface area contributed by atoms with Gasteiger partial charge in [-0.15, -0.1) is 0 Å². The van der Waals surface area contributed by atoms with Crippen LogP contribution < -0.4 is 4.74 Å². The summed E-state index contributed by atoms with van der Waals surface area (Å²) in [5.74, 6) is -2.48. The molecule has 2 rings (SSSR count).